The van der Waals surface area contributed by atoms with Crippen molar-refractivity contribution in [2.75, 3.05) is 0 Å². The Morgan fingerprint density at radius 1 is 1.07 bits per heavy atom. The van der Waals surface area contributed by atoms with E-state index in [0.717, 1.165) is 32.9 Å². The summed E-state index contributed by atoms with van der Waals surface area (Å²) in [7, 11) is 1.99. The van der Waals surface area contributed by atoms with E-state index in [1.165, 1.54) is 0 Å². The maximum atomic E-state index is 13.0. The number of ether oxygens (including phenoxy) is 1. The van der Waals surface area contributed by atoms with E-state index < -0.39 is 5.60 Å². The molecule has 0 aliphatic heterocycles. The largest absolute Gasteiger partial charge is 0.443 e. The van der Waals surface area contributed by atoms with E-state index in [-0.39, 0.29) is 6.09 Å². The van der Waals surface area contributed by atoms with Crippen LogP contribution in [0.1, 0.15) is 20.8 Å². The van der Waals surface area contributed by atoms with E-state index in [9.17, 15) is 4.79 Å². The first-order valence-corrected chi connectivity index (χ1v) is 8.91. The molecule has 3 heterocycles. The molecular formula is C22H22N3O2+. The lowest BCUT2D eigenvalue weighted by Crippen LogP contribution is -2.27. The summed E-state index contributed by atoms with van der Waals surface area (Å²) in [6.45, 7) is 5.61. The van der Waals surface area contributed by atoms with Crippen molar-refractivity contribution in [1.29, 1.82) is 0 Å². The molecule has 27 heavy (non-hydrogen) atoms. The first kappa shape index (κ1) is 17.2. The number of nitrogens with zero attached hydrogens (tertiary/aromatic N) is 3. The SMILES string of the molecule is C[n+]1cccc(-c2ccc3c4cnccc4n(C(=O)OC(C)(C)C)c3c2)c1. The van der Waals surface area contributed by atoms with Gasteiger partial charge in [0.05, 0.1) is 11.0 Å². The van der Waals surface area contributed by atoms with Crippen molar-refractivity contribution in [2.24, 2.45) is 7.05 Å². The molecule has 5 nitrogen and oxygen atoms in total. The highest BCUT2D eigenvalue weighted by atomic mass is 16.6. The third kappa shape index (κ3) is 3.16. The van der Waals surface area contributed by atoms with E-state index in [1.807, 2.05) is 62.8 Å². The predicted octanol–water partition coefficient (Wildman–Crippen LogP) is 4.46. The van der Waals surface area contributed by atoms with Crippen molar-refractivity contribution in [3.05, 3.63) is 61.2 Å². The van der Waals surface area contributed by atoms with Crippen LogP contribution in [0.15, 0.2) is 61.2 Å². The molecular weight excluding hydrogens is 338 g/mol. The van der Waals surface area contributed by atoms with Crippen LogP contribution in [0.3, 0.4) is 0 Å². The summed E-state index contributed by atoms with van der Waals surface area (Å²) in [5, 5.41) is 1.91. The summed E-state index contributed by atoms with van der Waals surface area (Å²) >= 11 is 0. The molecule has 0 spiro atoms. The predicted molar refractivity (Wildman–Crippen MR) is 105 cm³/mol. The van der Waals surface area contributed by atoms with Gasteiger partial charge in [0.25, 0.3) is 0 Å². The minimum atomic E-state index is -0.572. The van der Waals surface area contributed by atoms with Gasteiger partial charge in [0, 0.05) is 34.8 Å². The summed E-state index contributed by atoms with van der Waals surface area (Å²) < 4.78 is 9.31. The molecule has 0 atom stereocenters. The molecule has 0 saturated carbocycles. The number of fused-ring (bicyclic) bond motifs is 3. The van der Waals surface area contributed by atoms with Gasteiger partial charge in [-0.15, -0.1) is 0 Å². The van der Waals surface area contributed by atoms with Crippen molar-refractivity contribution < 1.29 is 14.1 Å². The third-order valence-corrected chi connectivity index (χ3v) is 4.42. The number of pyridine rings is 2. The van der Waals surface area contributed by atoms with Crippen LogP contribution in [-0.4, -0.2) is 21.2 Å². The number of aryl methyl sites for hydroxylation is 1. The Morgan fingerprint density at radius 2 is 1.89 bits per heavy atom. The summed E-state index contributed by atoms with van der Waals surface area (Å²) in [6.07, 6.45) is 7.15. The minimum Gasteiger partial charge on any atom is -0.443 e. The first-order valence-electron chi connectivity index (χ1n) is 8.91. The number of carbonyl (C=O) groups excluding carboxylic acids is 1. The normalized spacial score (nSPS) is 11.9. The average molecular weight is 360 g/mol. The topological polar surface area (TPSA) is 48.0 Å². The molecule has 0 aliphatic carbocycles. The zero-order valence-electron chi connectivity index (χ0n) is 15.9. The van der Waals surface area contributed by atoms with Gasteiger partial charge in [-0.2, -0.15) is 0 Å². The highest BCUT2D eigenvalue weighted by Crippen LogP contribution is 2.32. The lowest BCUT2D eigenvalue weighted by molar-refractivity contribution is -0.671. The van der Waals surface area contributed by atoms with E-state index in [4.69, 9.17) is 4.74 Å². The van der Waals surface area contributed by atoms with E-state index >= 15 is 0 Å². The Bertz CT molecular complexity index is 1170. The van der Waals surface area contributed by atoms with Gasteiger partial charge in [-0.3, -0.25) is 4.98 Å². The Kier molecular flexibility index (Phi) is 3.95. The number of benzene rings is 1. The molecule has 5 heteroatoms. The van der Waals surface area contributed by atoms with Gasteiger partial charge in [0.1, 0.15) is 12.6 Å². The monoisotopic (exact) mass is 360 g/mol. The third-order valence-electron chi connectivity index (χ3n) is 4.42. The van der Waals surface area contributed by atoms with Crippen molar-refractivity contribution >= 4 is 27.9 Å². The standard InChI is InChI=1S/C22H22N3O2/c1-22(2,3)27-21(26)25-19-9-10-23-13-18(19)17-8-7-15(12-20(17)25)16-6-5-11-24(4)14-16/h5-14H,1-4H3/q+1. The number of aromatic nitrogens is 3. The average Bonchev–Trinajstić information content (AvgIpc) is 2.94. The van der Waals surface area contributed by atoms with Crippen LogP contribution in [0.5, 0.6) is 0 Å². The van der Waals surface area contributed by atoms with Gasteiger partial charge in [-0.1, -0.05) is 12.1 Å². The van der Waals surface area contributed by atoms with Gasteiger partial charge in [-0.05, 0) is 44.5 Å². The van der Waals surface area contributed by atoms with E-state index in [2.05, 4.69) is 23.3 Å². The van der Waals surface area contributed by atoms with Gasteiger partial charge in [0.15, 0.2) is 12.4 Å². The number of hydrogen-bond acceptors (Lipinski definition) is 3. The summed E-state index contributed by atoms with van der Waals surface area (Å²) in [4.78, 5) is 17.2. The van der Waals surface area contributed by atoms with Gasteiger partial charge in [-0.25, -0.2) is 13.9 Å². The second-order valence-electron chi connectivity index (χ2n) is 7.70. The number of rotatable bonds is 1. The first-order chi connectivity index (χ1) is 12.8. The Balaban J connectivity index is 1.98. The molecule has 0 unspecified atom stereocenters. The quantitative estimate of drug-likeness (QED) is 0.471. The highest BCUT2D eigenvalue weighted by molar-refractivity contribution is 6.12. The van der Waals surface area contributed by atoms with Crippen LogP contribution < -0.4 is 4.57 Å². The Hall–Kier alpha value is -3.21. The smallest absolute Gasteiger partial charge is 0.419 e. The van der Waals surface area contributed by atoms with Crippen molar-refractivity contribution in [3.8, 4) is 11.1 Å². The second kappa shape index (κ2) is 6.20. The summed E-state index contributed by atoms with van der Waals surface area (Å²) in [5.74, 6) is 0. The van der Waals surface area contributed by atoms with Crippen molar-refractivity contribution in [3.63, 3.8) is 0 Å². The summed E-state index contributed by atoms with van der Waals surface area (Å²) in [6, 6.07) is 12.1. The lowest BCUT2D eigenvalue weighted by Gasteiger charge is -2.20. The van der Waals surface area contributed by atoms with E-state index in [0.29, 0.717) is 0 Å². The molecule has 0 N–H and O–H groups in total. The van der Waals surface area contributed by atoms with Gasteiger partial charge < -0.3 is 4.74 Å². The van der Waals surface area contributed by atoms with Crippen LogP contribution in [-0.2, 0) is 11.8 Å². The Morgan fingerprint density at radius 3 is 2.63 bits per heavy atom. The van der Waals surface area contributed by atoms with Crippen molar-refractivity contribution in [1.82, 2.24) is 9.55 Å². The fourth-order valence-electron chi connectivity index (χ4n) is 3.31. The molecule has 0 radical (unpaired) electrons. The maximum absolute atomic E-state index is 13.0. The zero-order chi connectivity index (χ0) is 19.2. The molecule has 0 bridgehead atoms. The Labute approximate surface area is 157 Å². The second-order valence-corrected chi connectivity index (χ2v) is 7.70. The van der Waals surface area contributed by atoms with Crippen LogP contribution >= 0.6 is 0 Å². The molecule has 3 aromatic heterocycles. The molecule has 4 aromatic rings. The van der Waals surface area contributed by atoms with Crippen LogP contribution in [0.2, 0.25) is 0 Å². The molecule has 0 aliphatic rings. The minimum absolute atomic E-state index is 0.385. The highest BCUT2D eigenvalue weighted by Gasteiger charge is 2.22. The molecule has 1 aromatic carbocycles. The van der Waals surface area contributed by atoms with Gasteiger partial charge in [0.2, 0.25) is 0 Å². The molecule has 0 amide bonds. The van der Waals surface area contributed by atoms with Crippen molar-refractivity contribution in [2.45, 2.75) is 26.4 Å². The lowest BCUT2D eigenvalue weighted by atomic mass is 10.1. The maximum Gasteiger partial charge on any atom is 0.419 e. The molecule has 136 valence electrons. The van der Waals surface area contributed by atoms with Crippen LogP contribution in [0, 0.1) is 0 Å². The molecule has 4 rings (SSSR count). The summed E-state index contributed by atoms with van der Waals surface area (Å²) in [5.41, 5.74) is 3.17. The number of hydrogen-bond donors (Lipinski definition) is 0. The van der Waals surface area contributed by atoms with Crippen LogP contribution in [0.25, 0.3) is 32.9 Å². The van der Waals surface area contributed by atoms with Crippen LogP contribution in [0.4, 0.5) is 4.79 Å². The fourth-order valence-corrected chi connectivity index (χ4v) is 3.31. The molecule has 0 saturated heterocycles. The number of carbonyl (C=O) groups is 1. The van der Waals surface area contributed by atoms with Gasteiger partial charge >= 0.3 is 6.09 Å². The zero-order valence-corrected chi connectivity index (χ0v) is 15.9. The molecule has 0 fully saturated rings. The fraction of sp³-hybridized carbons (Fsp3) is 0.227. The van der Waals surface area contributed by atoms with E-state index in [1.54, 1.807) is 17.0 Å².